The van der Waals surface area contributed by atoms with Gasteiger partial charge in [0.2, 0.25) is 0 Å². The summed E-state index contributed by atoms with van der Waals surface area (Å²) in [5, 5.41) is 0. The van der Waals surface area contributed by atoms with Gasteiger partial charge in [0.15, 0.2) is 0 Å². The van der Waals surface area contributed by atoms with E-state index in [0.717, 1.165) is 0 Å². The maximum Gasteiger partial charge on any atom is 0.0522 e. The minimum atomic E-state index is 0.375. The van der Waals surface area contributed by atoms with Gasteiger partial charge in [0.25, 0.3) is 0 Å². The summed E-state index contributed by atoms with van der Waals surface area (Å²) < 4.78 is 5.25. The van der Waals surface area contributed by atoms with Gasteiger partial charge in [-0.25, -0.2) is 0 Å². The molecule has 0 aliphatic heterocycles. The molecule has 0 saturated heterocycles. The zero-order valence-electron chi connectivity index (χ0n) is 11.8. The highest BCUT2D eigenvalue weighted by atomic mass is 16.5. The van der Waals surface area contributed by atoms with E-state index in [0.29, 0.717) is 12.2 Å². The van der Waals surface area contributed by atoms with Crippen LogP contribution in [-0.4, -0.2) is 12.2 Å². The Hall–Kier alpha value is -0.0400. The Bertz CT molecular complexity index is 85.5. The second-order valence-corrected chi connectivity index (χ2v) is 4.65. The van der Waals surface area contributed by atoms with E-state index in [1.54, 1.807) is 0 Å². The molecule has 0 bridgehead atoms. The zero-order valence-corrected chi connectivity index (χ0v) is 11.8. The Morgan fingerprint density at radius 2 is 1.00 bits per heavy atom. The molecule has 0 rings (SSSR count). The normalized spacial score (nSPS) is 10.4. The highest BCUT2D eigenvalue weighted by molar-refractivity contribution is 4.40. The van der Waals surface area contributed by atoms with Crippen LogP contribution in [0.1, 0.15) is 80.1 Å². The van der Waals surface area contributed by atoms with Gasteiger partial charge in [0, 0.05) is 0 Å². The lowest BCUT2D eigenvalue weighted by Crippen LogP contribution is -2.09. The van der Waals surface area contributed by atoms with Gasteiger partial charge < -0.3 is 4.74 Å². The van der Waals surface area contributed by atoms with Crippen LogP contribution >= 0.6 is 0 Å². The van der Waals surface area contributed by atoms with Gasteiger partial charge in [-0.3, -0.25) is 0 Å². The van der Waals surface area contributed by atoms with Crippen LogP contribution in [0.5, 0.6) is 0 Å². The fourth-order valence-electron chi connectivity index (χ4n) is 1.40. The Kier molecular flexibility index (Phi) is 16.2. The summed E-state index contributed by atoms with van der Waals surface area (Å²) in [6.07, 6.45) is 9.24. The average Bonchev–Trinajstić information content (AvgIpc) is 2.11. The van der Waals surface area contributed by atoms with Gasteiger partial charge in [0.05, 0.1) is 12.2 Å². The average molecular weight is 216 g/mol. The molecule has 1 nitrogen and oxygen atoms in total. The Morgan fingerprint density at radius 3 is 1.13 bits per heavy atom. The van der Waals surface area contributed by atoms with Crippen molar-refractivity contribution in [3.05, 3.63) is 0 Å². The topological polar surface area (TPSA) is 9.23 Å². The number of ether oxygens (including phenoxy) is 1. The lowest BCUT2D eigenvalue weighted by atomic mass is 10.1. The Morgan fingerprint density at radius 1 is 0.667 bits per heavy atom. The summed E-state index contributed by atoms with van der Waals surface area (Å²) in [6, 6.07) is 0. The number of rotatable bonds is 7. The summed E-state index contributed by atoms with van der Waals surface area (Å²) in [7, 11) is 0. The molecule has 0 radical (unpaired) electrons. The molecule has 0 amide bonds. The molecule has 0 aromatic heterocycles. The first kappa shape index (κ1) is 17.4. The van der Waals surface area contributed by atoms with Crippen molar-refractivity contribution < 1.29 is 4.74 Å². The van der Waals surface area contributed by atoms with Crippen LogP contribution in [0.4, 0.5) is 0 Å². The number of unbranched alkanes of at least 4 members (excludes halogenated alkanes) is 5. The predicted octanol–water partition coefficient (Wildman–Crippen LogP) is 5.19. The summed E-state index contributed by atoms with van der Waals surface area (Å²) in [5.74, 6) is 0. The molecule has 94 valence electrons. The molecule has 0 fully saturated rings. The van der Waals surface area contributed by atoms with Crippen molar-refractivity contribution in [2.75, 3.05) is 0 Å². The van der Waals surface area contributed by atoms with E-state index >= 15 is 0 Å². The van der Waals surface area contributed by atoms with Crippen LogP contribution in [0.2, 0.25) is 0 Å². The molecule has 0 unspecified atom stereocenters. The lowest BCUT2D eigenvalue weighted by molar-refractivity contribution is 0.0300. The van der Waals surface area contributed by atoms with Crippen LogP contribution in [0.25, 0.3) is 0 Å². The van der Waals surface area contributed by atoms with Crippen LogP contribution < -0.4 is 0 Å². The number of hydrogen-bond donors (Lipinski definition) is 0. The van der Waals surface area contributed by atoms with Crippen molar-refractivity contribution >= 4 is 0 Å². The van der Waals surface area contributed by atoms with Crippen molar-refractivity contribution in [3.63, 3.8) is 0 Å². The van der Waals surface area contributed by atoms with Gasteiger partial charge in [-0.1, -0.05) is 52.4 Å². The van der Waals surface area contributed by atoms with Gasteiger partial charge in [-0.15, -0.1) is 0 Å². The first-order valence-corrected chi connectivity index (χ1v) is 6.70. The Labute approximate surface area is 97.6 Å². The third-order valence-corrected chi connectivity index (χ3v) is 2.00. The van der Waals surface area contributed by atoms with E-state index < -0.39 is 0 Å². The van der Waals surface area contributed by atoms with Crippen molar-refractivity contribution in [1.29, 1.82) is 0 Å². The largest absolute Gasteiger partial charge is 0.376 e. The van der Waals surface area contributed by atoms with Crippen LogP contribution in [-0.2, 0) is 4.74 Å². The van der Waals surface area contributed by atoms with E-state index in [9.17, 15) is 0 Å². The molecule has 0 aromatic rings. The number of hydrogen-bond acceptors (Lipinski definition) is 1. The van der Waals surface area contributed by atoms with E-state index in [2.05, 4.69) is 13.8 Å². The van der Waals surface area contributed by atoms with Crippen LogP contribution in [0.15, 0.2) is 0 Å². The van der Waals surface area contributed by atoms with Gasteiger partial charge >= 0.3 is 0 Å². The molecule has 15 heavy (non-hydrogen) atoms. The van der Waals surface area contributed by atoms with Gasteiger partial charge in [-0.2, -0.15) is 0 Å². The van der Waals surface area contributed by atoms with Crippen LogP contribution in [0, 0.1) is 0 Å². The lowest BCUT2D eigenvalue weighted by Gasteiger charge is -2.09. The maximum absolute atomic E-state index is 5.25. The molecule has 0 atom stereocenters. The molecule has 0 spiro atoms. The minimum Gasteiger partial charge on any atom is -0.376 e. The predicted molar refractivity (Wildman–Crippen MR) is 70.4 cm³/mol. The van der Waals surface area contributed by atoms with Crippen molar-refractivity contribution in [3.8, 4) is 0 Å². The van der Waals surface area contributed by atoms with Crippen molar-refractivity contribution in [2.24, 2.45) is 0 Å². The van der Waals surface area contributed by atoms with Crippen LogP contribution in [0.3, 0.4) is 0 Å². The maximum atomic E-state index is 5.25. The summed E-state index contributed by atoms with van der Waals surface area (Å²) in [5.41, 5.74) is 0. The second-order valence-electron chi connectivity index (χ2n) is 4.65. The molecular weight excluding hydrogens is 184 g/mol. The third kappa shape index (κ3) is 24.9. The van der Waals surface area contributed by atoms with Gasteiger partial charge in [-0.05, 0) is 27.7 Å². The standard InChI is InChI=1S/C8H18.C6H14O/c1-3-5-7-8-6-4-2;1-5(2)7-6(3)4/h3-8H2,1-2H3;5-6H,1-4H3. The highest BCUT2D eigenvalue weighted by Crippen LogP contribution is 2.03. The fourth-order valence-corrected chi connectivity index (χ4v) is 1.40. The van der Waals surface area contributed by atoms with E-state index in [1.807, 2.05) is 27.7 Å². The first-order chi connectivity index (χ1) is 7.04. The smallest absolute Gasteiger partial charge is 0.0522 e. The monoisotopic (exact) mass is 216 g/mol. The first-order valence-electron chi connectivity index (χ1n) is 6.70. The molecule has 0 heterocycles. The SMILES string of the molecule is CC(C)OC(C)C.CCCCCCCC. The summed E-state index contributed by atoms with van der Waals surface area (Å²) in [6.45, 7) is 12.7. The van der Waals surface area contributed by atoms with E-state index in [-0.39, 0.29) is 0 Å². The fraction of sp³-hybridized carbons (Fsp3) is 1.00. The highest BCUT2D eigenvalue weighted by Gasteiger charge is 1.94. The van der Waals surface area contributed by atoms with Crippen molar-refractivity contribution in [2.45, 2.75) is 92.3 Å². The quantitative estimate of drug-likeness (QED) is 0.532. The van der Waals surface area contributed by atoms with Gasteiger partial charge in [0.1, 0.15) is 0 Å². The summed E-state index contributed by atoms with van der Waals surface area (Å²) >= 11 is 0. The Balaban J connectivity index is 0. The molecule has 0 N–H and O–H groups in total. The second kappa shape index (κ2) is 14.0. The third-order valence-electron chi connectivity index (χ3n) is 2.00. The molecule has 0 aliphatic rings. The molecule has 0 aliphatic carbocycles. The summed E-state index contributed by atoms with van der Waals surface area (Å²) in [4.78, 5) is 0. The van der Waals surface area contributed by atoms with Crippen molar-refractivity contribution in [1.82, 2.24) is 0 Å². The zero-order chi connectivity index (χ0) is 12.1. The molecule has 1 heteroatoms. The minimum absolute atomic E-state index is 0.375. The van der Waals surface area contributed by atoms with E-state index in [1.165, 1.54) is 38.5 Å². The molecule has 0 saturated carbocycles. The molecule has 0 aromatic carbocycles. The van der Waals surface area contributed by atoms with E-state index in [4.69, 9.17) is 4.74 Å². The molecular formula is C14H32O.